The number of aromatic nitrogens is 1. The van der Waals surface area contributed by atoms with E-state index in [1.165, 1.54) is 4.90 Å². The number of nitrogens with one attached hydrogen (secondary N) is 1. The second-order valence-corrected chi connectivity index (χ2v) is 6.03. The average molecular weight is 344 g/mol. The van der Waals surface area contributed by atoms with Crippen molar-refractivity contribution in [3.8, 4) is 0 Å². The molecule has 1 aromatic carbocycles. The maximum Gasteiger partial charge on any atom is 0.140 e. The van der Waals surface area contributed by atoms with Crippen LogP contribution in [0.2, 0.25) is 5.02 Å². The Balaban J connectivity index is 1.79. The van der Waals surface area contributed by atoms with Gasteiger partial charge in [-0.3, -0.25) is 0 Å². The standard InChI is InChI=1S/C13H12BrClN2S/c14-12-8-10(15)9-17-13(12)16-6-7-18-11-4-2-1-3-5-11/h1-5,8-9H,6-7H2,(H,16,17). The van der Waals surface area contributed by atoms with Gasteiger partial charge in [0, 0.05) is 23.4 Å². The number of benzene rings is 1. The maximum absolute atomic E-state index is 5.83. The molecule has 0 fully saturated rings. The van der Waals surface area contributed by atoms with Crippen LogP contribution >= 0.6 is 39.3 Å². The molecule has 0 aliphatic heterocycles. The number of halogens is 2. The van der Waals surface area contributed by atoms with Gasteiger partial charge in [0.25, 0.3) is 0 Å². The van der Waals surface area contributed by atoms with Gasteiger partial charge in [0.1, 0.15) is 5.82 Å². The number of pyridine rings is 1. The Kier molecular flexibility index (Phi) is 5.35. The van der Waals surface area contributed by atoms with Crippen molar-refractivity contribution in [3.05, 3.63) is 52.1 Å². The molecule has 0 bridgehead atoms. The van der Waals surface area contributed by atoms with E-state index in [9.17, 15) is 0 Å². The molecule has 1 N–H and O–H groups in total. The van der Waals surface area contributed by atoms with E-state index in [1.54, 1.807) is 6.20 Å². The predicted molar refractivity (Wildman–Crippen MR) is 82.6 cm³/mol. The third kappa shape index (κ3) is 4.19. The SMILES string of the molecule is Clc1cnc(NCCSc2ccccc2)c(Br)c1. The van der Waals surface area contributed by atoms with Gasteiger partial charge in [0.05, 0.1) is 9.50 Å². The summed E-state index contributed by atoms with van der Waals surface area (Å²) in [6.07, 6.45) is 1.64. The van der Waals surface area contributed by atoms with Crippen LogP contribution in [0.1, 0.15) is 0 Å². The molecule has 0 aliphatic rings. The van der Waals surface area contributed by atoms with E-state index in [1.807, 2.05) is 36.0 Å². The van der Waals surface area contributed by atoms with Crippen molar-refractivity contribution in [2.24, 2.45) is 0 Å². The Bertz CT molecular complexity index is 508. The molecule has 2 rings (SSSR count). The van der Waals surface area contributed by atoms with Crippen molar-refractivity contribution in [2.75, 3.05) is 17.6 Å². The molecule has 0 radical (unpaired) electrons. The zero-order valence-electron chi connectivity index (χ0n) is 9.57. The summed E-state index contributed by atoms with van der Waals surface area (Å²) in [5.74, 6) is 1.81. The molecule has 5 heteroatoms. The first-order chi connectivity index (χ1) is 8.75. The third-order valence-electron chi connectivity index (χ3n) is 2.21. The van der Waals surface area contributed by atoms with E-state index < -0.39 is 0 Å². The minimum absolute atomic E-state index is 0.631. The van der Waals surface area contributed by atoms with Gasteiger partial charge in [-0.15, -0.1) is 11.8 Å². The molecule has 94 valence electrons. The minimum Gasteiger partial charge on any atom is -0.368 e. The topological polar surface area (TPSA) is 24.9 Å². The summed E-state index contributed by atoms with van der Waals surface area (Å²) in [4.78, 5) is 5.50. The zero-order chi connectivity index (χ0) is 12.8. The van der Waals surface area contributed by atoms with E-state index >= 15 is 0 Å². The van der Waals surface area contributed by atoms with E-state index in [0.29, 0.717) is 5.02 Å². The molecule has 0 spiro atoms. The molecule has 2 aromatic rings. The quantitative estimate of drug-likeness (QED) is 0.629. The second kappa shape index (κ2) is 7.02. The molecule has 1 heterocycles. The van der Waals surface area contributed by atoms with Crippen LogP contribution in [0.4, 0.5) is 5.82 Å². The number of thioether (sulfide) groups is 1. The van der Waals surface area contributed by atoms with Gasteiger partial charge in [-0.05, 0) is 34.1 Å². The first-order valence-corrected chi connectivity index (χ1v) is 7.64. The number of hydrogen-bond donors (Lipinski definition) is 1. The minimum atomic E-state index is 0.631. The highest BCUT2D eigenvalue weighted by Gasteiger charge is 2.01. The molecule has 0 aliphatic carbocycles. The van der Waals surface area contributed by atoms with Gasteiger partial charge < -0.3 is 5.32 Å². The van der Waals surface area contributed by atoms with Crippen molar-refractivity contribution >= 4 is 45.1 Å². The Hall–Kier alpha value is -0.710. The maximum atomic E-state index is 5.83. The largest absolute Gasteiger partial charge is 0.368 e. The highest BCUT2D eigenvalue weighted by atomic mass is 79.9. The molecule has 0 unspecified atom stereocenters. The van der Waals surface area contributed by atoms with Gasteiger partial charge in [0.2, 0.25) is 0 Å². The number of hydrogen-bond acceptors (Lipinski definition) is 3. The van der Waals surface area contributed by atoms with E-state index in [0.717, 1.165) is 22.6 Å². The molecule has 18 heavy (non-hydrogen) atoms. The normalized spacial score (nSPS) is 10.3. The van der Waals surface area contributed by atoms with Crippen molar-refractivity contribution < 1.29 is 0 Å². The molecule has 0 atom stereocenters. The summed E-state index contributed by atoms with van der Waals surface area (Å²) < 4.78 is 0.889. The number of rotatable bonds is 5. The molecular formula is C13H12BrClN2S. The predicted octanol–water partition coefficient (Wildman–Crippen LogP) is 4.70. The molecule has 0 amide bonds. The summed E-state index contributed by atoms with van der Waals surface area (Å²) >= 11 is 11.1. The average Bonchev–Trinajstić information content (AvgIpc) is 2.38. The lowest BCUT2D eigenvalue weighted by Gasteiger charge is -2.07. The van der Waals surface area contributed by atoms with Gasteiger partial charge in [-0.2, -0.15) is 0 Å². The fourth-order valence-corrected chi connectivity index (χ4v) is 2.97. The highest BCUT2D eigenvalue weighted by Crippen LogP contribution is 2.23. The van der Waals surface area contributed by atoms with Crippen molar-refractivity contribution in [3.63, 3.8) is 0 Å². The zero-order valence-corrected chi connectivity index (χ0v) is 12.7. The van der Waals surface area contributed by atoms with Crippen molar-refractivity contribution in [1.29, 1.82) is 0 Å². The Morgan fingerprint density at radius 3 is 2.78 bits per heavy atom. The molecular weight excluding hydrogens is 332 g/mol. The van der Waals surface area contributed by atoms with Crippen LogP contribution in [0.25, 0.3) is 0 Å². The lowest BCUT2D eigenvalue weighted by Crippen LogP contribution is -2.06. The van der Waals surface area contributed by atoms with Gasteiger partial charge in [-0.1, -0.05) is 29.8 Å². The van der Waals surface area contributed by atoms with Crippen molar-refractivity contribution in [1.82, 2.24) is 4.98 Å². The summed E-state index contributed by atoms with van der Waals surface area (Å²) in [6, 6.07) is 12.2. The van der Waals surface area contributed by atoms with Gasteiger partial charge >= 0.3 is 0 Å². The Morgan fingerprint density at radius 2 is 2.06 bits per heavy atom. The summed E-state index contributed by atoms with van der Waals surface area (Å²) in [5.41, 5.74) is 0. The third-order valence-corrected chi connectivity index (χ3v) is 4.04. The highest BCUT2D eigenvalue weighted by molar-refractivity contribution is 9.10. The molecule has 0 saturated heterocycles. The van der Waals surface area contributed by atoms with E-state index in [2.05, 4.69) is 38.4 Å². The van der Waals surface area contributed by atoms with Gasteiger partial charge in [0.15, 0.2) is 0 Å². The van der Waals surface area contributed by atoms with Crippen molar-refractivity contribution in [2.45, 2.75) is 4.90 Å². The first kappa shape index (κ1) is 13.7. The van der Waals surface area contributed by atoms with Crippen LogP contribution in [0.3, 0.4) is 0 Å². The van der Waals surface area contributed by atoms with Crippen LogP contribution in [-0.4, -0.2) is 17.3 Å². The lowest BCUT2D eigenvalue weighted by molar-refractivity contribution is 1.16. The monoisotopic (exact) mass is 342 g/mol. The molecule has 0 saturated carbocycles. The molecule has 2 nitrogen and oxygen atoms in total. The Morgan fingerprint density at radius 1 is 1.28 bits per heavy atom. The summed E-state index contributed by atoms with van der Waals surface area (Å²) in [6.45, 7) is 0.854. The van der Waals surface area contributed by atoms with E-state index in [4.69, 9.17) is 11.6 Å². The fourth-order valence-electron chi connectivity index (χ4n) is 1.40. The number of anilines is 1. The van der Waals surface area contributed by atoms with Crippen LogP contribution in [0, 0.1) is 0 Å². The van der Waals surface area contributed by atoms with Crippen LogP contribution in [0.5, 0.6) is 0 Å². The first-order valence-electron chi connectivity index (χ1n) is 5.48. The Labute approximate surface area is 124 Å². The van der Waals surface area contributed by atoms with Crippen LogP contribution in [0.15, 0.2) is 52.0 Å². The van der Waals surface area contributed by atoms with E-state index in [-0.39, 0.29) is 0 Å². The lowest BCUT2D eigenvalue weighted by atomic mass is 10.4. The van der Waals surface area contributed by atoms with Gasteiger partial charge in [-0.25, -0.2) is 4.98 Å². The molecule has 1 aromatic heterocycles. The van der Waals surface area contributed by atoms with Crippen LogP contribution in [-0.2, 0) is 0 Å². The fraction of sp³-hybridized carbons (Fsp3) is 0.154. The number of nitrogens with zero attached hydrogens (tertiary/aromatic N) is 1. The summed E-state index contributed by atoms with van der Waals surface area (Å²) in [7, 11) is 0. The summed E-state index contributed by atoms with van der Waals surface area (Å²) in [5, 5.41) is 3.90. The van der Waals surface area contributed by atoms with Crippen LogP contribution < -0.4 is 5.32 Å². The smallest absolute Gasteiger partial charge is 0.140 e. The second-order valence-electron chi connectivity index (χ2n) is 3.57.